The summed E-state index contributed by atoms with van der Waals surface area (Å²) >= 11 is 0. The van der Waals surface area contributed by atoms with E-state index in [1.54, 1.807) is 0 Å². The van der Waals surface area contributed by atoms with Crippen molar-refractivity contribution in [3.63, 3.8) is 0 Å². The molecule has 1 atom stereocenters. The lowest BCUT2D eigenvalue weighted by Gasteiger charge is -2.10. The van der Waals surface area contributed by atoms with Gasteiger partial charge in [0.1, 0.15) is 0 Å². The van der Waals surface area contributed by atoms with Gasteiger partial charge in [0.15, 0.2) is 0 Å². The number of rotatable bonds is 24. The zero-order valence-corrected chi connectivity index (χ0v) is 18.9. The van der Waals surface area contributed by atoms with Crippen LogP contribution in [0.25, 0.3) is 0 Å². The van der Waals surface area contributed by atoms with Crippen LogP contribution in [0.2, 0.25) is 0 Å². The van der Waals surface area contributed by atoms with Crippen molar-refractivity contribution < 1.29 is 15.3 Å². The minimum absolute atomic E-state index is 0.0823. The van der Waals surface area contributed by atoms with Crippen LogP contribution in [0.3, 0.4) is 0 Å². The second-order valence-corrected chi connectivity index (χ2v) is 8.75. The average molecular weight is 401 g/mol. The van der Waals surface area contributed by atoms with E-state index in [-0.39, 0.29) is 6.10 Å². The standard InChI is InChI=1S/C25H52O3/c26-23-19-15-11-8-6-4-2-1-3-5-7-9-13-17-21-25(28)22-18-14-10-12-16-20-24-27/h25-28H,1-24H2. The van der Waals surface area contributed by atoms with Crippen LogP contribution in [-0.4, -0.2) is 34.6 Å². The quantitative estimate of drug-likeness (QED) is 0.154. The Morgan fingerprint density at radius 1 is 0.321 bits per heavy atom. The van der Waals surface area contributed by atoms with Gasteiger partial charge in [0, 0.05) is 13.2 Å². The summed E-state index contributed by atoms with van der Waals surface area (Å²) in [5.41, 5.74) is 0. The van der Waals surface area contributed by atoms with Crippen molar-refractivity contribution in [1.29, 1.82) is 0 Å². The number of hydrogen-bond donors (Lipinski definition) is 3. The first-order valence-corrected chi connectivity index (χ1v) is 12.7. The number of unbranched alkanes of at least 4 members (excludes halogenated alkanes) is 18. The number of aliphatic hydroxyl groups is 3. The van der Waals surface area contributed by atoms with Crippen LogP contribution in [0.1, 0.15) is 141 Å². The molecule has 0 aromatic rings. The molecule has 0 rings (SSSR count). The lowest BCUT2D eigenvalue weighted by atomic mass is 10.0. The lowest BCUT2D eigenvalue weighted by molar-refractivity contribution is 0.147. The van der Waals surface area contributed by atoms with Crippen molar-refractivity contribution in [3.8, 4) is 0 Å². The highest BCUT2D eigenvalue weighted by molar-refractivity contribution is 4.58. The van der Waals surface area contributed by atoms with Crippen LogP contribution in [0.4, 0.5) is 0 Å². The SMILES string of the molecule is OCCCCCCCCCCCCCCCCC(O)CCCCCCCCO. The van der Waals surface area contributed by atoms with Crippen molar-refractivity contribution in [3.05, 3.63) is 0 Å². The monoisotopic (exact) mass is 400 g/mol. The molecule has 0 fully saturated rings. The molecule has 0 aliphatic carbocycles. The summed E-state index contributed by atoms with van der Waals surface area (Å²) in [4.78, 5) is 0. The van der Waals surface area contributed by atoms with Crippen molar-refractivity contribution in [1.82, 2.24) is 0 Å². The Labute approximate surface area is 176 Å². The third kappa shape index (κ3) is 23.9. The van der Waals surface area contributed by atoms with Crippen LogP contribution in [-0.2, 0) is 0 Å². The van der Waals surface area contributed by atoms with Gasteiger partial charge in [-0.2, -0.15) is 0 Å². The van der Waals surface area contributed by atoms with E-state index in [0.717, 1.165) is 38.5 Å². The maximum Gasteiger partial charge on any atom is 0.0540 e. The largest absolute Gasteiger partial charge is 0.396 e. The Morgan fingerprint density at radius 2 is 0.536 bits per heavy atom. The molecule has 0 aromatic heterocycles. The second-order valence-electron chi connectivity index (χ2n) is 8.75. The average Bonchev–Trinajstić information content (AvgIpc) is 2.70. The summed E-state index contributed by atoms with van der Waals surface area (Å²) in [7, 11) is 0. The number of hydrogen-bond acceptors (Lipinski definition) is 3. The third-order valence-corrected chi connectivity index (χ3v) is 5.89. The molecule has 0 aliphatic rings. The van der Waals surface area contributed by atoms with E-state index in [0.29, 0.717) is 13.2 Å². The molecule has 28 heavy (non-hydrogen) atoms. The first kappa shape index (κ1) is 27.9. The molecule has 0 saturated heterocycles. The highest BCUT2D eigenvalue weighted by atomic mass is 16.3. The highest BCUT2D eigenvalue weighted by Crippen LogP contribution is 2.15. The van der Waals surface area contributed by atoms with E-state index in [2.05, 4.69) is 0 Å². The molecule has 3 N–H and O–H groups in total. The summed E-state index contributed by atoms with van der Waals surface area (Å²) in [6.07, 6.45) is 27.1. The topological polar surface area (TPSA) is 60.7 Å². The first-order chi connectivity index (χ1) is 13.8. The molecule has 0 saturated carbocycles. The van der Waals surface area contributed by atoms with E-state index in [1.165, 1.54) is 103 Å². The van der Waals surface area contributed by atoms with E-state index >= 15 is 0 Å². The fraction of sp³-hybridized carbons (Fsp3) is 1.00. The zero-order chi connectivity index (χ0) is 20.5. The van der Waals surface area contributed by atoms with Gasteiger partial charge >= 0.3 is 0 Å². The normalized spacial score (nSPS) is 12.5. The van der Waals surface area contributed by atoms with Gasteiger partial charge in [-0.3, -0.25) is 0 Å². The highest BCUT2D eigenvalue weighted by Gasteiger charge is 2.03. The maximum absolute atomic E-state index is 10.0. The molecule has 3 heteroatoms. The van der Waals surface area contributed by atoms with Crippen LogP contribution in [0.5, 0.6) is 0 Å². The summed E-state index contributed by atoms with van der Waals surface area (Å²) < 4.78 is 0. The summed E-state index contributed by atoms with van der Waals surface area (Å²) in [5.74, 6) is 0. The Hall–Kier alpha value is -0.120. The van der Waals surface area contributed by atoms with Crippen molar-refractivity contribution in [2.24, 2.45) is 0 Å². The van der Waals surface area contributed by atoms with Gasteiger partial charge in [-0.05, 0) is 25.7 Å². The van der Waals surface area contributed by atoms with Crippen LogP contribution >= 0.6 is 0 Å². The summed E-state index contributed by atoms with van der Waals surface area (Å²) in [6.45, 7) is 0.680. The van der Waals surface area contributed by atoms with E-state index in [1.807, 2.05) is 0 Å². The van der Waals surface area contributed by atoms with Crippen LogP contribution in [0.15, 0.2) is 0 Å². The van der Waals surface area contributed by atoms with Gasteiger partial charge in [0.05, 0.1) is 6.10 Å². The van der Waals surface area contributed by atoms with Crippen LogP contribution < -0.4 is 0 Å². The van der Waals surface area contributed by atoms with Gasteiger partial charge in [0.25, 0.3) is 0 Å². The van der Waals surface area contributed by atoms with E-state index in [4.69, 9.17) is 10.2 Å². The second kappa shape index (κ2) is 24.9. The van der Waals surface area contributed by atoms with E-state index in [9.17, 15) is 5.11 Å². The third-order valence-electron chi connectivity index (χ3n) is 5.89. The fourth-order valence-corrected chi connectivity index (χ4v) is 3.96. The molecule has 0 heterocycles. The number of aliphatic hydroxyl groups excluding tert-OH is 3. The Kier molecular flexibility index (Phi) is 24.8. The van der Waals surface area contributed by atoms with Gasteiger partial charge in [-0.1, -0.05) is 116 Å². The molecule has 1 unspecified atom stereocenters. The summed E-state index contributed by atoms with van der Waals surface area (Å²) in [5, 5.41) is 27.5. The maximum atomic E-state index is 10.0. The minimum Gasteiger partial charge on any atom is -0.396 e. The van der Waals surface area contributed by atoms with Crippen LogP contribution in [0, 0.1) is 0 Å². The molecular weight excluding hydrogens is 348 g/mol. The minimum atomic E-state index is -0.0823. The molecule has 0 bridgehead atoms. The molecule has 0 aliphatic heterocycles. The molecule has 0 aromatic carbocycles. The molecular formula is C25H52O3. The van der Waals surface area contributed by atoms with Crippen molar-refractivity contribution >= 4 is 0 Å². The molecule has 3 nitrogen and oxygen atoms in total. The molecule has 0 radical (unpaired) electrons. The van der Waals surface area contributed by atoms with Crippen molar-refractivity contribution in [2.75, 3.05) is 13.2 Å². The lowest BCUT2D eigenvalue weighted by Crippen LogP contribution is -2.05. The predicted molar refractivity (Wildman–Crippen MR) is 122 cm³/mol. The van der Waals surface area contributed by atoms with E-state index < -0.39 is 0 Å². The van der Waals surface area contributed by atoms with Gasteiger partial charge in [-0.15, -0.1) is 0 Å². The Morgan fingerprint density at radius 3 is 0.786 bits per heavy atom. The van der Waals surface area contributed by atoms with Gasteiger partial charge < -0.3 is 15.3 Å². The fourth-order valence-electron chi connectivity index (χ4n) is 3.96. The van der Waals surface area contributed by atoms with Crippen molar-refractivity contribution in [2.45, 2.75) is 147 Å². The smallest absolute Gasteiger partial charge is 0.0540 e. The Balaban J connectivity index is 3.10. The first-order valence-electron chi connectivity index (χ1n) is 12.7. The summed E-state index contributed by atoms with van der Waals surface area (Å²) in [6, 6.07) is 0. The van der Waals surface area contributed by atoms with Gasteiger partial charge in [0.2, 0.25) is 0 Å². The van der Waals surface area contributed by atoms with Gasteiger partial charge in [-0.25, -0.2) is 0 Å². The predicted octanol–water partition coefficient (Wildman–Crippen LogP) is 6.91. The molecule has 0 spiro atoms. The molecule has 170 valence electrons. The Bertz CT molecular complexity index is 271. The zero-order valence-electron chi connectivity index (χ0n) is 18.9. The molecule has 0 amide bonds.